The Bertz CT molecular complexity index is 990. The van der Waals surface area contributed by atoms with Gasteiger partial charge in [-0.3, -0.25) is 9.69 Å². The Hall–Kier alpha value is -2.35. The lowest BCUT2D eigenvalue weighted by Crippen LogP contribution is -3.06. The van der Waals surface area contributed by atoms with E-state index in [1.165, 1.54) is 16.2 Å². The topological polar surface area (TPSA) is 56.1 Å². The van der Waals surface area contributed by atoms with Crippen LogP contribution in [-0.4, -0.2) is 52.3 Å². The van der Waals surface area contributed by atoms with Crippen molar-refractivity contribution in [3.8, 4) is 11.5 Å². The van der Waals surface area contributed by atoms with Crippen molar-refractivity contribution in [3.05, 3.63) is 47.0 Å². The van der Waals surface area contributed by atoms with E-state index in [0.717, 1.165) is 11.2 Å². The Morgan fingerprint density at radius 1 is 1.21 bits per heavy atom. The van der Waals surface area contributed by atoms with E-state index in [1.54, 1.807) is 49.5 Å². The number of methoxy groups -OCH3 is 2. The Kier molecular flexibility index (Phi) is 6.39. The normalized spacial score (nSPS) is 11.1. The lowest BCUT2D eigenvalue weighted by Gasteiger charge is -2.21. The van der Waals surface area contributed by atoms with E-state index in [9.17, 15) is 4.79 Å². The van der Waals surface area contributed by atoms with E-state index in [1.807, 2.05) is 20.2 Å². The molecule has 0 spiro atoms. The van der Waals surface area contributed by atoms with Gasteiger partial charge in [-0.25, -0.2) is 4.98 Å². The monoisotopic (exact) mass is 420 g/mol. The fraction of sp³-hybridized carbons (Fsp3) is 0.300. The third-order valence-corrected chi connectivity index (χ3v) is 5.83. The average molecular weight is 421 g/mol. The molecule has 0 bridgehead atoms. The van der Waals surface area contributed by atoms with Crippen LogP contribution in [0.3, 0.4) is 0 Å². The maximum Gasteiger partial charge on any atom is 0.260 e. The second-order valence-corrected chi connectivity index (χ2v) is 7.95. The molecule has 0 saturated carbocycles. The van der Waals surface area contributed by atoms with Gasteiger partial charge in [0.15, 0.2) is 5.13 Å². The summed E-state index contributed by atoms with van der Waals surface area (Å²) >= 11 is 7.75. The Balaban J connectivity index is 2.05. The molecule has 1 heterocycles. The zero-order chi connectivity index (χ0) is 20.3. The molecule has 3 rings (SSSR count). The van der Waals surface area contributed by atoms with Gasteiger partial charge in [0.05, 0.1) is 51.1 Å². The molecule has 0 aliphatic rings. The number of anilines is 1. The highest BCUT2D eigenvalue weighted by Gasteiger charge is 2.24. The van der Waals surface area contributed by atoms with Gasteiger partial charge in [-0.1, -0.05) is 29.0 Å². The third-order valence-electron chi connectivity index (χ3n) is 4.30. The van der Waals surface area contributed by atoms with Gasteiger partial charge in [-0.15, -0.1) is 0 Å². The molecule has 0 unspecified atom stereocenters. The molecule has 1 aromatic heterocycles. The predicted octanol–water partition coefficient (Wildman–Crippen LogP) is 2.76. The smallest absolute Gasteiger partial charge is 0.260 e. The van der Waals surface area contributed by atoms with Crippen LogP contribution >= 0.6 is 22.9 Å². The summed E-state index contributed by atoms with van der Waals surface area (Å²) in [5, 5.41) is 1.18. The number of amides is 1. The minimum Gasteiger partial charge on any atom is -0.497 e. The molecular weight excluding hydrogens is 398 g/mol. The van der Waals surface area contributed by atoms with Gasteiger partial charge >= 0.3 is 0 Å². The van der Waals surface area contributed by atoms with Crippen molar-refractivity contribution >= 4 is 44.2 Å². The second kappa shape index (κ2) is 8.77. The summed E-state index contributed by atoms with van der Waals surface area (Å²) in [5.74, 6) is 1.14. The number of nitrogens with one attached hydrogen (secondary N) is 1. The molecular formula is C20H23ClN3O3S+. The van der Waals surface area contributed by atoms with Crippen molar-refractivity contribution in [3.63, 3.8) is 0 Å². The number of carbonyl (C=O) groups excluding carboxylic acids is 1. The van der Waals surface area contributed by atoms with Crippen molar-refractivity contribution in [2.24, 2.45) is 0 Å². The van der Waals surface area contributed by atoms with E-state index in [0.29, 0.717) is 39.3 Å². The molecule has 0 atom stereocenters. The second-order valence-electron chi connectivity index (χ2n) is 6.57. The summed E-state index contributed by atoms with van der Waals surface area (Å²) in [6.45, 7) is 1.30. The first-order chi connectivity index (χ1) is 13.4. The molecule has 6 nitrogen and oxygen atoms in total. The number of nitrogens with zero attached hydrogens (tertiary/aromatic N) is 2. The zero-order valence-electron chi connectivity index (χ0n) is 16.3. The Labute approximate surface area is 173 Å². The molecule has 0 aliphatic carbocycles. The van der Waals surface area contributed by atoms with Crippen LogP contribution < -0.4 is 19.3 Å². The molecule has 28 heavy (non-hydrogen) atoms. The van der Waals surface area contributed by atoms with Gasteiger partial charge in [0.1, 0.15) is 17.0 Å². The van der Waals surface area contributed by atoms with Crippen molar-refractivity contribution in [1.29, 1.82) is 0 Å². The summed E-state index contributed by atoms with van der Waals surface area (Å²) in [6.07, 6.45) is 0. The van der Waals surface area contributed by atoms with Crippen LogP contribution in [0.2, 0.25) is 5.02 Å². The van der Waals surface area contributed by atoms with Crippen LogP contribution in [0.5, 0.6) is 11.5 Å². The third kappa shape index (κ3) is 4.22. The fourth-order valence-electron chi connectivity index (χ4n) is 2.75. The number of ether oxygens (including phenoxy) is 2. The molecule has 1 amide bonds. The number of hydrogen-bond donors (Lipinski definition) is 1. The van der Waals surface area contributed by atoms with E-state index in [-0.39, 0.29) is 5.91 Å². The number of likely N-dealkylation sites (N-methyl/N-ethyl adjacent to an activating group) is 1. The first-order valence-electron chi connectivity index (χ1n) is 8.82. The van der Waals surface area contributed by atoms with Gasteiger partial charge in [0.25, 0.3) is 5.91 Å². The Morgan fingerprint density at radius 3 is 2.68 bits per heavy atom. The summed E-state index contributed by atoms with van der Waals surface area (Å²) in [5.41, 5.74) is 1.21. The lowest BCUT2D eigenvalue weighted by molar-refractivity contribution is -0.856. The minimum atomic E-state index is -0.130. The van der Waals surface area contributed by atoms with Crippen LogP contribution in [0.1, 0.15) is 10.4 Å². The molecule has 0 fully saturated rings. The number of benzene rings is 2. The first kappa shape index (κ1) is 20.4. The number of rotatable bonds is 7. The quantitative estimate of drug-likeness (QED) is 0.638. The van der Waals surface area contributed by atoms with E-state index >= 15 is 0 Å². The lowest BCUT2D eigenvalue weighted by atomic mass is 10.2. The molecule has 1 N–H and O–H groups in total. The Morgan fingerprint density at radius 2 is 2.00 bits per heavy atom. The van der Waals surface area contributed by atoms with Gasteiger partial charge in [0, 0.05) is 5.56 Å². The van der Waals surface area contributed by atoms with Crippen LogP contribution in [0, 0.1) is 0 Å². The van der Waals surface area contributed by atoms with Crippen LogP contribution in [-0.2, 0) is 0 Å². The SMILES string of the molecule is COc1cccc(C(=O)N(CC[NH+](C)C)c2nc3c(OC)ccc(Cl)c3s2)c1. The number of thiazole rings is 1. The predicted molar refractivity (Wildman–Crippen MR) is 114 cm³/mol. The number of hydrogen-bond acceptors (Lipinski definition) is 5. The molecule has 0 saturated heterocycles. The molecule has 148 valence electrons. The summed E-state index contributed by atoms with van der Waals surface area (Å²) < 4.78 is 11.5. The number of fused-ring (bicyclic) bond motifs is 1. The van der Waals surface area contributed by atoms with Crippen LogP contribution in [0.15, 0.2) is 36.4 Å². The van der Waals surface area contributed by atoms with Crippen LogP contribution in [0.25, 0.3) is 10.2 Å². The molecule has 0 radical (unpaired) electrons. The summed E-state index contributed by atoms with van der Waals surface area (Å²) in [7, 11) is 7.27. The fourth-order valence-corrected chi connectivity index (χ4v) is 4.03. The van der Waals surface area contributed by atoms with Crippen molar-refractivity contribution in [1.82, 2.24) is 4.98 Å². The van der Waals surface area contributed by atoms with E-state index in [4.69, 9.17) is 21.1 Å². The van der Waals surface area contributed by atoms with Gasteiger partial charge < -0.3 is 14.4 Å². The highest BCUT2D eigenvalue weighted by Crippen LogP contribution is 2.39. The maximum absolute atomic E-state index is 13.3. The van der Waals surface area contributed by atoms with Crippen molar-refractivity contribution in [2.75, 3.05) is 46.3 Å². The highest BCUT2D eigenvalue weighted by molar-refractivity contribution is 7.23. The number of aromatic nitrogens is 1. The molecule has 8 heteroatoms. The zero-order valence-corrected chi connectivity index (χ0v) is 17.9. The molecule has 2 aromatic carbocycles. The highest BCUT2D eigenvalue weighted by atomic mass is 35.5. The summed E-state index contributed by atoms with van der Waals surface area (Å²) in [4.78, 5) is 20.9. The number of halogens is 1. The van der Waals surface area contributed by atoms with E-state index in [2.05, 4.69) is 4.98 Å². The largest absolute Gasteiger partial charge is 0.497 e. The van der Waals surface area contributed by atoms with Gasteiger partial charge in [-0.2, -0.15) is 0 Å². The molecule has 0 aliphatic heterocycles. The maximum atomic E-state index is 13.3. The van der Waals surface area contributed by atoms with Gasteiger partial charge in [0.2, 0.25) is 0 Å². The summed E-state index contributed by atoms with van der Waals surface area (Å²) in [6, 6.07) is 10.7. The standard InChI is InChI=1S/C20H22ClN3O3S/c1-23(2)10-11-24(19(25)13-6-5-7-14(12-13)26-3)20-22-17-16(27-4)9-8-15(21)18(17)28-20/h5-9,12H,10-11H2,1-4H3/p+1. The first-order valence-corrected chi connectivity index (χ1v) is 10.0. The van der Waals surface area contributed by atoms with Crippen LogP contribution in [0.4, 0.5) is 5.13 Å². The van der Waals surface area contributed by atoms with Crippen molar-refractivity contribution < 1.29 is 19.2 Å². The minimum absolute atomic E-state index is 0.130. The molecule has 3 aromatic rings. The number of quaternary nitrogens is 1. The van der Waals surface area contributed by atoms with Gasteiger partial charge in [-0.05, 0) is 30.3 Å². The van der Waals surface area contributed by atoms with Crippen molar-refractivity contribution in [2.45, 2.75) is 0 Å². The number of carbonyl (C=O) groups is 1. The van der Waals surface area contributed by atoms with E-state index < -0.39 is 0 Å². The average Bonchev–Trinajstić information content (AvgIpc) is 3.14.